The van der Waals surface area contributed by atoms with Crippen LogP contribution in [-0.2, 0) is 16.6 Å². The molecule has 0 aliphatic carbocycles. The summed E-state index contributed by atoms with van der Waals surface area (Å²) in [5.41, 5.74) is 1.39. The highest BCUT2D eigenvalue weighted by Crippen LogP contribution is 2.28. The van der Waals surface area contributed by atoms with E-state index in [1.165, 1.54) is 11.3 Å². The van der Waals surface area contributed by atoms with Gasteiger partial charge in [-0.3, -0.25) is 4.72 Å². The normalized spacial score (nSPS) is 11.6. The van der Waals surface area contributed by atoms with Gasteiger partial charge in [0.25, 0.3) is 10.0 Å². The van der Waals surface area contributed by atoms with Crippen molar-refractivity contribution in [2.75, 3.05) is 11.3 Å². The van der Waals surface area contributed by atoms with Gasteiger partial charge in [0.1, 0.15) is 4.21 Å². The van der Waals surface area contributed by atoms with Crippen LogP contribution in [0.15, 0.2) is 38.3 Å². The zero-order valence-corrected chi connectivity index (χ0v) is 15.2. The van der Waals surface area contributed by atoms with E-state index in [0.717, 1.165) is 16.6 Å². The molecule has 0 aliphatic heterocycles. The SMILES string of the molecule is CCNCc1csc(S(=O)(=O)Nc2ccc(Br)c(Cl)c2)c1. The zero-order chi connectivity index (χ0) is 15.5. The van der Waals surface area contributed by atoms with Crippen LogP contribution in [0.3, 0.4) is 0 Å². The topological polar surface area (TPSA) is 58.2 Å². The maximum absolute atomic E-state index is 12.3. The van der Waals surface area contributed by atoms with Gasteiger partial charge in [-0.1, -0.05) is 18.5 Å². The molecule has 0 fully saturated rings. The molecule has 0 saturated carbocycles. The molecule has 0 bridgehead atoms. The Hall–Kier alpha value is -0.600. The number of hydrogen-bond donors (Lipinski definition) is 2. The lowest BCUT2D eigenvalue weighted by molar-refractivity contribution is 0.603. The molecule has 2 N–H and O–H groups in total. The van der Waals surface area contributed by atoms with Crippen molar-refractivity contribution in [2.45, 2.75) is 17.7 Å². The van der Waals surface area contributed by atoms with Gasteiger partial charge in [-0.05, 0) is 57.7 Å². The molecule has 114 valence electrons. The highest BCUT2D eigenvalue weighted by molar-refractivity contribution is 9.10. The van der Waals surface area contributed by atoms with Crippen LogP contribution in [0.2, 0.25) is 5.02 Å². The summed E-state index contributed by atoms with van der Waals surface area (Å²) in [6, 6.07) is 6.60. The van der Waals surface area contributed by atoms with Crippen LogP contribution < -0.4 is 10.0 Å². The minimum atomic E-state index is -3.58. The number of sulfonamides is 1. The number of hydrogen-bond acceptors (Lipinski definition) is 4. The van der Waals surface area contributed by atoms with Crippen LogP contribution >= 0.6 is 38.9 Å². The number of thiophene rings is 1. The van der Waals surface area contributed by atoms with E-state index >= 15 is 0 Å². The molecule has 2 aromatic rings. The fraction of sp³-hybridized carbons (Fsp3) is 0.231. The van der Waals surface area contributed by atoms with Crippen molar-refractivity contribution in [3.63, 3.8) is 0 Å². The maximum Gasteiger partial charge on any atom is 0.271 e. The van der Waals surface area contributed by atoms with Crippen LogP contribution in [0.1, 0.15) is 12.5 Å². The first kappa shape index (κ1) is 16.8. The zero-order valence-electron chi connectivity index (χ0n) is 11.2. The van der Waals surface area contributed by atoms with Crippen molar-refractivity contribution >= 4 is 54.6 Å². The molecule has 1 aromatic carbocycles. The Bertz CT molecular complexity index is 732. The minimum Gasteiger partial charge on any atom is -0.313 e. The summed E-state index contributed by atoms with van der Waals surface area (Å²) >= 11 is 10.4. The third-order valence-electron chi connectivity index (χ3n) is 2.65. The van der Waals surface area contributed by atoms with E-state index in [1.807, 2.05) is 12.3 Å². The third-order valence-corrected chi connectivity index (χ3v) is 6.75. The number of halogens is 2. The molecule has 1 aromatic heterocycles. The van der Waals surface area contributed by atoms with Crippen molar-refractivity contribution in [1.82, 2.24) is 5.32 Å². The smallest absolute Gasteiger partial charge is 0.271 e. The van der Waals surface area contributed by atoms with E-state index in [0.29, 0.717) is 17.3 Å². The molecule has 0 unspecified atom stereocenters. The van der Waals surface area contributed by atoms with Crippen molar-refractivity contribution < 1.29 is 8.42 Å². The van der Waals surface area contributed by atoms with Crippen molar-refractivity contribution in [1.29, 1.82) is 0 Å². The van der Waals surface area contributed by atoms with E-state index in [1.54, 1.807) is 24.3 Å². The molecule has 21 heavy (non-hydrogen) atoms. The Morgan fingerprint density at radius 1 is 1.33 bits per heavy atom. The Kier molecular flexibility index (Phi) is 5.67. The van der Waals surface area contributed by atoms with Gasteiger partial charge in [0.2, 0.25) is 0 Å². The molecule has 2 rings (SSSR count). The van der Waals surface area contributed by atoms with E-state index in [2.05, 4.69) is 26.0 Å². The summed E-state index contributed by atoms with van der Waals surface area (Å²) in [5, 5.41) is 5.45. The first-order valence-electron chi connectivity index (χ1n) is 6.18. The first-order valence-corrected chi connectivity index (χ1v) is 9.71. The van der Waals surface area contributed by atoms with E-state index < -0.39 is 10.0 Å². The quantitative estimate of drug-likeness (QED) is 0.756. The second-order valence-corrected chi connectivity index (χ2v) is 8.37. The average Bonchev–Trinajstić information content (AvgIpc) is 2.90. The van der Waals surface area contributed by atoms with E-state index in [4.69, 9.17) is 11.6 Å². The molecule has 0 spiro atoms. The maximum atomic E-state index is 12.3. The molecule has 1 heterocycles. The second kappa shape index (κ2) is 7.11. The van der Waals surface area contributed by atoms with Crippen LogP contribution in [0.25, 0.3) is 0 Å². The summed E-state index contributed by atoms with van der Waals surface area (Å²) < 4.78 is 28.2. The lowest BCUT2D eigenvalue weighted by atomic mass is 10.3. The van der Waals surface area contributed by atoms with Gasteiger partial charge in [-0.25, -0.2) is 8.42 Å². The Morgan fingerprint density at radius 3 is 2.76 bits per heavy atom. The lowest BCUT2D eigenvalue weighted by Crippen LogP contribution is -2.12. The summed E-state index contributed by atoms with van der Waals surface area (Å²) in [6.07, 6.45) is 0. The fourth-order valence-corrected chi connectivity index (χ4v) is 4.31. The molecule has 0 radical (unpaired) electrons. The molecule has 4 nitrogen and oxygen atoms in total. The molecular weight excluding hydrogens is 396 g/mol. The Labute approximate surface area is 141 Å². The molecular formula is C13H14BrClN2O2S2. The number of benzene rings is 1. The van der Waals surface area contributed by atoms with E-state index in [-0.39, 0.29) is 4.21 Å². The number of nitrogens with one attached hydrogen (secondary N) is 2. The summed E-state index contributed by atoms with van der Waals surface area (Å²) in [6.45, 7) is 3.50. The predicted molar refractivity (Wildman–Crippen MR) is 91.7 cm³/mol. The predicted octanol–water partition coefficient (Wildman–Crippen LogP) is 4.07. The second-order valence-electron chi connectivity index (χ2n) is 4.29. The largest absolute Gasteiger partial charge is 0.313 e. The molecule has 0 atom stereocenters. The molecule has 0 amide bonds. The van der Waals surface area contributed by atoms with Crippen LogP contribution in [0.5, 0.6) is 0 Å². The number of anilines is 1. The Balaban J connectivity index is 2.17. The fourth-order valence-electron chi connectivity index (χ4n) is 1.62. The van der Waals surface area contributed by atoms with Crippen molar-refractivity contribution in [3.05, 3.63) is 44.7 Å². The first-order chi connectivity index (χ1) is 9.92. The van der Waals surface area contributed by atoms with Crippen molar-refractivity contribution in [3.8, 4) is 0 Å². The van der Waals surface area contributed by atoms with Crippen LogP contribution in [0.4, 0.5) is 5.69 Å². The average molecular weight is 410 g/mol. The van der Waals surface area contributed by atoms with Gasteiger partial charge in [0.05, 0.1) is 10.7 Å². The van der Waals surface area contributed by atoms with Gasteiger partial charge >= 0.3 is 0 Å². The standard InChI is InChI=1S/C13H14BrClN2O2S2/c1-2-16-7-9-5-13(20-8-9)21(18,19)17-10-3-4-11(14)12(15)6-10/h3-6,8,16-17H,2,7H2,1H3. The van der Waals surface area contributed by atoms with E-state index in [9.17, 15) is 8.42 Å². The summed E-state index contributed by atoms with van der Waals surface area (Å²) in [7, 11) is -3.58. The molecule has 8 heteroatoms. The van der Waals surface area contributed by atoms with Crippen molar-refractivity contribution in [2.24, 2.45) is 0 Å². The highest BCUT2D eigenvalue weighted by atomic mass is 79.9. The highest BCUT2D eigenvalue weighted by Gasteiger charge is 2.17. The Morgan fingerprint density at radius 2 is 2.10 bits per heavy atom. The summed E-state index contributed by atoms with van der Waals surface area (Å²) in [5.74, 6) is 0. The van der Waals surface area contributed by atoms with Gasteiger partial charge < -0.3 is 5.32 Å². The molecule has 0 saturated heterocycles. The summed E-state index contributed by atoms with van der Waals surface area (Å²) in [4.78, 5) is 0. The minimum absolute atomic E-state index is 0.287. The molecule has 0 aliphatic rings. The van der Waals surface area contributed by atoms with Crippen LogP contribution in [0, 0.1) is 0 Å². The third kappa shape index (κ3) is 4.43. The lowest BCUT2D eigenvalue weighted by Gasteiger charge is -2.07. The monoisotopic (exact) mass is 408 g/mol. The van der Waals surface area contributed by atoms with Gasteiger partial charge in [-0.15, -0.1) is 11.3 Å². The number of rotatable bonds is 6. The van der Waals surface area contributed by atoms with Crippen LogP contribution in [-0.4, -0.2) is 15.0 Å². The van der Waals surface area contributed by atoms with Gasteiger partial charge in [-0.2, -0.15) is 0 Å². The van der Waals surface area contributed by atoms with Gasteiger partial charge in [0, 0.05) is 11.0 Å². The van der Waals surface area contributed by atoms with Gasteiger partial charge in [0.15, 0.2) is 0 Å².